The van der Waals surface area contributed by atoms with Crippen molar-refractivity contribution in [3.63, 3.8) is 0 Å². The van der Waals surface area contributed by atoms with Gasteiger partial charge >= 0.3 is 0 Å². The second-order valence-corrected chi connectivity index (χ2v) is 8.64. The number of benzene rings is 2. The number of nitrogens with one attached hydrogen (secondary N) is 2. The number of amides is 1. The maximum absolute atomic E-state index is 13.0. The Morgan fingerprint density at radius 2 is 1.86 bits per heavy atom. The number of aromatic nitrogens is 2. The highest BCUT2D eigenvalue weighted by atomic mass is 32.1. The summed E-state index contributed by atoms with van der Waals surface area (Å²) >= 11 is 5.68. The van der Waals surface area contributed by atoms with Crippen molar-refractivity contribution in [1.29, 1.82) is 0 Å². The van der Waals surface area contributed by atoms with E-state index in [0.29, 0.717) is 16.5 Å². The fourth-order valence-corrected chi connectivity index (χ4v) is 4.71. The summed E-state index contributed by atoms with van der Waals surface area (Å²) < 4.78 is 1.88. The average molecular weight is 499 g/mol. The standard InChI is InChI=1S/C26H22N6O3S/c33-23(28-18-8-2-1-3-9-18)17-31-25(24(29-26(31)36)21-12-4-5-14-27-21)22-13-7-15-30(22)19-10-6-11-20(16-19)32(34)35/h1-16,24-25H,17H2,(H,28,33)(H,29,36)/t24-,25-/m1/s1. The molecule has 4 aromatic rings. The summed E-state index contributed by atoms with van der Waals surface area (Å²) in [5.74, 6) is -0.217. The number of rotatable bonds is 7. The number of anilines is 1. The minimum absolute atomic E-state index is 0.00686. The van der Waals surface area contributed by atoms with Crippen LogP contribution in [-0.2, 0) is 4.79 Å². The largest absolute Gasteiger partial charge is 0.352 e. The van der Waals surface area contributed by atoms with E-state index in [1.807, 2.05) is 76.3 Å². The molecule has 10 heteroatoms. The quantitative estimate of drug-likeness (QED) is 0.221. The van der Waals surface area contributed by atoms with E-state index in [2.05, 4.69) is 15.6 Å². The first-order valence-electron chi connectivity index (χ1n) is 11.3. The van der Waals surface area contributed by atoms with Gasteiger partial charge in [0.15, 0.2) is 5.11 Å². The fraction of sp³-hybridized carbons (Fsp3) is 0.115. The van der Waals surface area contributed by atoms with Crippen LogP contribution in [0.25, 0.3) is 5.69 Å². The maximum atomic E-state index is 13.0. The van der Waals surface area contributed by atoms with Crippen LogP contribution in [0.3, 0.4) is 0 Å². The molecular weight excluding hydrogens is 476 g/mol. The second kappa shape index (κ2) is 9.96. The molecule has 9 nitrogen and oxygen atoms in total. The molecule has 1 aliphatic rings. The Morgan fingerprint density at radius 1 is 1.06 bits per heavy atom. The number of para-hydroxylation sites is 1. The van der Waals surface area contributed by atoms with E-state index in [-0.39, 0.29) is 24.2 Å². The molecule has 2 N–H and O–H groups in total. The number of nitrogens with zero attached hydrogens (tertiary/aromatic N) is 4. The summed E-state index contributed by atoms with van der Waals surface area (Å²) in [6.07, 6.45) is 3.55. The number of hydrogen-bond acceptors (Lipinski definition) is 5. The molecule has 5 rings (SSSR count). The Hall–Kier alpha value is -4.57. The van der Waals surface area contributed by atoms with Gasteiger partial charge in [0.05, 0.1) is 28.4 Å². The first kappa shape index (κ1) is 23.2. The SMILES string of the molecule is O=C(CN1C(=S)N[C@H](c2ccccn2)[C@H]1c1cccn1-c1cccc([N+](=O)[O-])c1)Nc1ccccc1. The minimum atomic E-state index is -0.421. The van der Waals surface area contributed by atoms with Crippen LogP contribution in [0.2, 0.25) is 0 Å². The molecule has 1 fully saturated rings. The smallest absolute Gasteiger partial charge is 0.271 e. The Kier molecular flexibility index (Phi) is 6.42. The summed E-state index contributed by atoms with van der Waals surface area (Å²) in [4.78, 5) is 30.3. The Bertz CT molecular complexity index is 1410. The second-order valence-electron chi connectivity index (χ2n) is 8.25. The molecule has 0 radical (unpaired) electrons. The van der Waals surface area contributed by atoms with Gasteiger partial charge < -0.3 is 20.1 Å². The van der Waals surface area contributed by atoms with E-state index < -0.39 is 11.0 Å². The number of nitro benzene ring substituents is 1. The van der Waals surface area contributed by atoms with Gasteiger partial charge in [0, 0.05) is 35.9 Å². The van der Waals surface area contributed by atoms with Crippen molar-refractivity contribution in [3.8, 4) is 5.69 Å². The number of non-ortho nitro benzene ring substituents is 1. The predicted molar refractivity (Wildman–Crippen MR) is 140 cm³/mol. The van der Waals surface area contributed by atoms with Crippen LogP contribution < -0.4 is 10.6 Å². The van der Waals surface area contributed by atoms with Gasteiger partial charge in [-0.3, -0.25) is 19.9 Å². The van der Waals surface area contributed by atoms with Gasteiger partial charge in [0.2, 0.25) is 5.91 Å². The van der Waals surface area contributed by atoms with E-state index in [1.165, 1.54) is 12.1 Å². The van der Waals surface area contributed by atoms with Crippen LogP contribution in [0, 0.1) is 10.1 Å². The molecule has 2 aromatic heterocycles. The number of carbonyl (C=O) groups is 1. The van der Waals surface area contributed by atoms with E-state index in [4.69, 9.17) is 12.2 Å². The van der Waals surface area contributed by atoms with Crippen LogP contribution >= 0.6 is 12.2 Å². The first-order chi connectivity index (χ1) is 17.5. The van der Waals surface area contributed by atoms with Crippen molar-refractivity contribution in [2.24, 2.45) is 0 Å². The van der Waals surface area contributed by atoms with E-state index in [9.17, 15) is 14.9 Å². The van der Waals surface area contributed by atoms with Gasteiger partial charge in [0.1, 0.15) is 6.54 Å². The van der Waals surface area contributed by atoms with Crippen molar-refractivity contribution >= 4 is 34.6 Å². The van der Waals surface area contributed by atoms with Crippen LogP contribution in [0.15, 0.2) is 97.3 Å². The van der Waals surface area contributed by atoms with Gasteiger partial charge in [-0.05, 0) is 54.7 Å². The third kappa shape index (κ3) is 4.66. The first-order valence-corrected chi connectivity index (χ1v) is 11.7. The van der Waals surface area contributed by atoms with Crippen LogP contribution in [-0.4, -0.2) is 36.9 Å². The normalized spacial score (nSPS) is 17.0. The van der Waals surface area contributed by atoms with Crippen molar-refractivity contribution in [2.75, 3.05) is 11.9 Å². The zero-order valence-corrected chi connectivity index (χ0v) is 19.8. The van der Waals surface area contributed by atoms with Crippen molar-refractivity contribution in [1.82, 2.24) is 19.8 Å². The number of thiocarbonyl (C=S) groups is 1. The predicted octanol–water partition coefficient (Wildman–Crippen LogP) is 4.39. The highest BCUT2D eigenvalue weighted by Gasteiger charge is 2.42. The van der Waals surface area contributed by atoms with Crippen molar-refractivity contribution in [3.05, 3.63) is 119 Å². The molecule has 0 bridgehead atoms. The molecule has 36 heavy (non-hydrogen) atoms. The topological polar surface area (TPSA) is 105 Å². The molecule has 180 valence electrons. The van der Waals surface area contributed by atoms with Crippen molar-refractivity contribution in [2.45, 2.75) is 12.1 Å². The van der Waals surface area contributed by atoms with Crippen LogP contribution in [0.1, 0.15) is 23.5 Å². The molecule has 1 aliphatic heterocycles. The highest BCUT2D eigenvalue weighted by molar-refractivity contribution is 7.80. The zero-order valence-electron chi connectivity index (χ0n) is 19.0. The zero-order chi connectivity index (χ0) is 25.1. The summed E-state index contributed by atoms with van der Waals surface area (Å²) in [7, 11) is 0. The summed E-state index contributed by atoms with van der Waals surface area (Å²) in [6.45, 7) is 0.00878. The number of hydrogen-bond donors (Lipinski definition) is 2. The average Bonchev–Trinajstić information content (AvgIpc) is 3.50. The van der Waals surface area contributed by atoms with Crippen molar-refractivity contribution < 1.29 is 9.72 Å². The molecule has 2 atom stereocenters. The molecule has 3 heterocycles. The third-order valence-corrected chi connectivity index (χ3v) is 6.32. The van der Waals surface area contributed by atoms with E-state index in [1.54, 1.807) is 18.3 Å². The molecule has 2 aromatic carbocycles. The third-order valence-electron chi connectivity index (χ3n) is 5.97. The molecule has 0 unspecified atom stereocenters. The lowest BCUT2D eigenvalue weighted by atomic mass is 10.0. The number of carbonyl (C=O) groups excluding carboxylic acids is 1. The molecule has 1 amide bonds. The summed E-state index contributed by atoms with van der Waals surface area (Å²) in [6, 6.07) is 24.3. The van der Waals surface area contributed by atoms with Crippen LogP contribution in [0.5, 0.6) is 0 Å². The molecule has 1 saturated heterocycles. The van der Waals surface area contributed by atoms with Gasteiger partial charge in [0.25, 0.3) is 5.69 Å². The Morgan fingerprint density at radius 3 is 2.61 bits per heavy atom. The van der Waals surface area contributed by atoms with E-state index in [0.717, 1.165) is 11.4 Å². The van der Waals surface area contributed by atoms with Gasteiger partial charge in [-0.2, -0.15) is 0 Å². The molecule has 0 saturated carbocycles. The molecule has 0 spiro atoms. The Balaban J connectivity index is 1.53. The monoisotopic (exact) mass is 498 g/mol. The number of nitro groups is 1. The van der Waals surface area contributed by atoms with Gasteiger partial charge in [-0.25, -0.2) is 0 Å². The van der Waals surface area contributed by atoms with Gasteiger partial charge in [-0.1, -0.05) is 30.3 Å². The lowest BCUT2D eigenvalue weighted by molar-refractivity contribution is -0.384. The molecule has 0 aliphatic carbocycles. The lowest BCUT2D eigenvalue weighted by Crippen LogP contribution is -2.37. The number of pyridine rings is 1. The maximum Gasteiger partial charge on any atom is 0.271 e. The van der Waals surface area contributed by atoms with E-state index >= 15 is 0 Å². The lowest BCUT2D eigenvalue weighted by Gasteiger charge is -2.28. The Labute approximate surface area is 212 Å². The summed E-state index contributed by atoms with van der Waals surface area (Å²) in [5, 5.41) is 18.0. The van der Waals surface area contributed by atoms with Crippen LogP contribution in [0.4, 0.5) is 11.4 Å². The molecular formula is C26H22N6O3S. The highest BCUT2D eigenvalue weighted by Crippen LogP contribution is 2.39. The minimum Gasteiger partial charge on any atom is -0.352 e. The van der Waals surface area contributed by atoms with Gasteiger partial charge in [-0.15, -0.1) is 0 Å². The summed E-state index contributed by atoms with van der Waals surface area (Å²) in [5.41, 5.74) is 2.90. The fourth-order valence-electron chi connectivity index (χ4n) is 4.40.